The zero-order chi connectivity index (χ0) is 7.28. The molecule has 0 fully saturated rings. The quantitative estimate of drug-likeness (QED) is 0.257. The van der Waals surface area contributed by atoms with E-state index in [1.54, 1.807) is 0 Å². The standard InChI is InChI=1S/C4H2O3.C2H2/c5-3-1-2-4(6)7-3;1-2/h1-2H;1-2H. The molecule has 3 nitrogen and oxygen atoms in total. The van der Waals surface area contributed by atoms with Gasteiger partial charge in [0, 0.05) is 12.2 Å². The Bertz CT molecular complexity index is 160. The Morgan fingerprint density at radius 2 is 1.44 bits per heavy atom. The van der Waals surface area contributed by atoms with Gasteiger partial charge in [0.25, 0.3) is 0 Å². The van der Waals surface area contributed by atoms with E-state index in [2.05, 4.69) is 17.6 Å². The van der Waals surface area contributed by atoms with Crippen LogP contribution in [0.15, 0.2) is 12.2 Å². The van der Waals surface area contributed by atoms with Gasteiger partial charge in [-0.15, -0.1) is 12.8 Å². The second-order valence-corrected chi connectivity index (χ2v) is 1.07. The number of hydrogen-bond acceptors (Lipinski definition) is 3. The number of esters is 2. The Morgan fingerprint density at radius 3 is 1.56 bits per heavy atom. The molecule has 9 heavy (non-hydrogen) atoms. The summed E-state index contributed by atoms with van der Waals surface area (Å²) in [6.45, 7) is 0. The lowest BCUT2D eigenvalue weighted by Crippen LogP contribution is -1.96. The fourth-order valence-corrected chi connectivity index (χ4v) is 0.303. The van der Waals surface area contributed by atoms with Crippen LogP contribution in [0.4, 0.5) is 0 Å². The Kier molecular flexibility index (Phi) is 2.85. The molecule has 46 valence electrons. The van der Waals surface area contributed by atoms with Gasteiger partial charge < -0.3 is 4.74 Å². The number of rotatable bonds is 0. The van der Waals surface area contributed by atoms with Gasteiger partial charge in [0.05, 0.1) is 0 Å². The maximum Gasteiger partial charge on any atom is 0.338 e. The van der Waals surface area contributed by atoms with Crippen LogP contribution in [-0.4, -0.2) is 11.9 Å². The van der Waals surface area contributed by atoms with Crippen molar-refractivity contribution in [1.29, 1.82) is 0 Å². The third-order valence-electron chi connectivity index (χ3n) is 0.557. The predicted molar refractivity (Wildman–Crippen MR) is 30.1 cm³/mol. The fraction of sp³-hybridized carbons (Fsp3) is 0. The molecule has 1 aliphatic rings. The van der Waals surface area contributed by atoms with E-state index in [0.29, 0.717) is 0 Å². The first-order chi connectivity index (χ1) is 4.29. The molecule has 0 amide bonds. The fourth-order valence-electron chi connectivity index (χ4n) is 0.303. The molecule has 0 aromatic rings. The molecule has 0 bridgehead atoms. The van der Waals surface area contributed by atoms with Crippen molar-refractivity contribution in [2.45, 2.75) is 0 Å². The van der Waals surface area contributed by atoms with E-state index in [1.807, 2.05) is 0 Å². The molecule has 0 N–H and O–H groups in total. The lowest BCUT2D eigenvalue weighted by molar-refractivity contribution is -0.150. The Labute approximate surface area is 52.3 Å². The third kappa shape index (κ3) is 2.29. The second-order valence-electron chi connectivity index (χ2n) is 1.07. The number of hydrogen-bond donors (Lipinski definition) is 0. The molecule has 1 aliphatic heterocycles. The van der Waals surface area contributed by atoms with E-state index in [1.165, 1.54) is 0 Å². The summed E-state index contributed by atoms with van der Waals surface area (Å²) in [4.78, 5) is 19.8. The highest BCUT2D eigenvalue weighted by Crippen LogP contribution is 1.92. The van der Waals surface area contributed by atoms with Crippen molar-refractivity contribution >= 4 is 11.9 Å². The van der Waals surface area contributed by atoms with Gasteiger partial charge in [-0.3, -0.25) is 0 Å². The van der Waals surface area contributed by atoms with E-state index in [0.717, 1.165) is 12.2 Å². The minimum Gasteiger partial charge on any atom is -0.387 e. The average Bonchev–Trinajstić information content (AvgIpc) is 2.20. The van der Waals surface area contributed by atoms with Gasteiger partial charge in [0.2, 0.25) is 0 Å². The lowest BCUT2D eigenvalue weighted by atomic mass is 10.6. The summed E-state index contributed by atoms with van der Waals surface area (Å²) in [6.07, 6.45) is 10.2. The summed E-state index contributed by atoms with van der Waals surface area (Å²) in [7, 11) is 0. The van der Waals surface area contributed by atoms with Crippen LogP contribution < -0.4 is 0 Å². The highest BCUT2D eigenvalue weighted by Gasteiger charge is 2.10. The summed E-state index contributed by atoms with van der Waals surface area (Å²) in [5.74, 6) is -1.16. The number of carbonyl (C=O) groups excluding carboxylic acids is 2. The first kappa shape index (κ1) is 7.44. The molecule has 0 saturated carbocycles. The van der Waals surface area contributed by atoms with Crippen molar-refractivity contribution in [3.05, 3.63) is 12.2 Å². The van der Waals surface area contributed by atoms with E-state index >= 15 is 0 Å². The van der Waals surface area contributed by atoms with Gasteiger partial charge in [0.1, 0.15) is 0 Å². The number of carbonyl (C=O) groups is 2. The van der Waals surface area contributed by atoms with E-state index in [-0.39, 0.29) is 0 Å². The Hall–Kier alpha value is -1.56. The van der Waals surface area contributed by atoms with Crippen molar-refractivity contribution < 1.29 is 14.3 Å². The highest BCUT2D eigenvalue weighted by molar-refractivity contribution is 6.04. The molecule has 0 spiro atoms. The van der Waals surface area contributed by atoms with Gasteiger partial charge in [-0.05, 0) is 0 Å². The maximum absolute atomic E-state index is 9.92. The van der Waals surface area contributed by atoms with Crippen LogP contribution in [0.5, 0.6) is 0 Å². The van der Waals surface area contributed by atoms with Gasteiger partial charge >= 0.3 is 11.9 Å². The average molecular weight is 124 g/mol. The lowest BCUT2D eigenvalue weighted by Gasteiger charge is -1.80. The summed E-state index contributed by atoms with van der Waals surface area (Å²) in [6, 6.07) is 0. The molecular formula is C6H4O3. The molecule has 3 heteroatoms. The van der Waals surface area contributed by atoms with Crippen LogP contribution in [0.3, 0.4) is 0 Å². The van der Waals surface area contributed by atoms with Gasteiger partial charge in [0.15, 0.2) is 0 Å². The highest BCUT2D eigenvalue weighted by atomic mass is 16.6. The van der Waals surface area contributed by atoms with Gasteiger partial charge in [-0.25, -0.2) is 9.59 Å². The smallest absolute Gasteiger partial charge is 0.338 e. The third-order valence-corrected chi connectivity index (χ3v) is 0.557. The summed E-state index contributed by atoms with van der Waals surface area (Å²) in [5.41, 5.74) is 0. The predicted octanol–water partition coefficient (Wildman–Crippen LogP) is -0.125. The molecule has 0 atom stereocenters. The van der Waals surface area contributed by atoms with Crippen LogP contribution in [0.25, 0.3) is 0 Å². The Balaban J connectivity index is 0.000000291. The van der Waals surface area contributed by atoms with Crippen LogP contribution >= 0.6 is 0 Å². The first-order valence-electron chi connectivity index (χ1n) is 2.06. The minimum atomic E-state index is -0.579. The molecular weight excluding hydrogens is 120 g/mol. The molecule has 0 saturated heterocycles. The van der Waals surface area contributed by atoms with Crippen molar-refractivity contribution in [2.75, 3.05) is 0 Å². The first-order valence-corrected chi connectivity index (χ1v) is 2.06. The molecule has 1 heterocycles. The van der Waals surface area contributed by atoms with Crippen LogP contribution in [-0.2, 0) is 14.3 Å². The van der Waals surface area contributed by atoms with E-state index < -0.39 is 11.9 Å². The minimum absolute atomic E-state index is 0.579. The van der Waals surface area contributed by atoms with Crippen molar-refractivity contribution in [1.82, 2.24) is 0 Å². The summed E-state index contributed by atoms with van der Waals surface area (Å²) in [5, 5.41) is 0. The molecule has 0 radical (unpaired) electrons. The summed E-state index contributed by atoms with van der Waals surface area (Å²) >= 11 is 0. The Morgan fingerprint density at radius 1 is 1.11 bits per heavy atom. The van der Waals surface area contributed by atoms with Crippen molar-refractivity contribution in [3.8, 4) is 12.8 Å². The molecule has 0 aromatic carbocycles. The monoisotopic (exact) mass is 124 g/mol. The SMILES string of the molecule is C#C.O=C1C=CC(=O)O1. The van der Waals surface area contributed by atoms with Crippen LogP contribution in [0.1, 0.15) is 0 Å². The number of terminal acetylenes is 1. The molecule has 0 aliphatic carbocycles. The van der Waals surface area contributed by atoms with Crippen molar-refractivity contribution in [2.24, 2.45) is 0 Å². The van der Waals surface area contributed by atoms with Gasteiger partial charge in [-0.1, -0.05) is 0 Å². The van der Waals surface area contributed by atoms with E-state index in [9.17, 15) is 9.59 Å². The van der Waals surface area contributed by atoms with Crippen molar-refractivity contribution in [3.63, 3.8) is 0 Å². The van der Waals surface area contributed by atoms with Crippen LogP contribution in [0, 0.1) is 12.8 Å². The van der Waals surface area contributed by atoms with Crippen LogP contribution in [0.2, 0.25) is 0 Å². The molecule has 0 aromatic heterocycles. The largest absolute Gasteiger partial charge is 0.387 e. The maximum atomic E-state index is 9.92. The molecule has 0 unspecified atom stereocenters. The van der Waals surface area contributed by atoms with Gasteiger partial charge in [-0.2, -0.15) is 0 Å². The number of cyclic esters (lactones) is 2. The zero-order valence-corrected chi connectivity index (χ0v) is 4.53. The zero-order valence-electron chi connectivity index (χ0n) is 4.53. The second kappa shape index (κ2) is 3.44. The number of ether oxygens (including phenoxy) is 1. The summed E-state index contributed by atoms with van der Waals surface area (Å²) < 4.78 is 3.97. The van der Waals surface area contributed by atoms with E-state index in [4.69, 9.17) is 0 Å². The normalized spacial score (nSPS) is 14.0. The molecule has 1 rings (SSSR count). The topological polar surface area (TPSA) is 43.4 Å².